The summed E-state index contributed by atoms with van der Waals surface area (Å²) in [6.07, 6.45) is 3.10. The van der Waals surface area contributed by atoms with E-state index >= 15 is 0 Å². The maximum Gasteiger partial charge on any atom is 0.328 e. The first-order valence-corrected chi connectivity index (χ1v) is 4.15. The molecule has 0 aliphatic rings. The average Bonchev–Trinajstić information content (AvgIpc) is 2.21. The Morgan fingerprint density at radius 3 is 2.00 bits per heavy atom. The van der Waals surface area contributed by atoms with Gasteiger partial charge in [0.25, 0.3) is 0 Å². The Morgan fingerprint density at radius 1 is 1.29 bits per heavy atom. The van der Waals surface area contributed by atoms with E-state index in [0.717, 1.165) is 26.7 Å². The molecule has 0 saturated heterocycles. The zero-order valence-electron chi connectivity index (χ0n) is 8.84. The highest BCUT2D eigenvalue weighted by molar-refractivity contribution is 5.79. The lowest BCUT2D eigenvalue weighted by Crippen LogP contribution is -2.01. The van der Waals surface area contributed by atoms with Crippen LogP contribution in [0.2, 0.25) is 0 Å². The standard InChI is InChI=1S/C7H12O3.2CH4O/c1-2-3-6(8)4-5-7(9)10;2*1-2/h4-6,8H,2-3H2,1H3,(H,9,10);2*2H,1H3. The second kappa shape index (κ2) is 18.0. The number of aliphatic hydroxyl groups excluding tert-OH is 3. The maximum atomic E-state index is 9.91. The van der Waals surface area contributed by atoms with Crippen molar-refractivity contribution in [3.05, 3.63) is 12.2 Å². The van der Waals surface area contributed by atoms with Crippen LogP contribution < -0.4 is 0 Å². The van der Waals surface area contributed by atoms with Crippen LogP contribution in [-0.4, -0.2) is 46.7 Å². The fourth-order valence-electron chi connectivity index (χ4n) is 0.585. The van der Waals surface area contributed by atoms with Gasteiger partial charge in [-0.2, -0.15) is 0 Å². The molecule has 5 nitrogen and oxygen atoms in total. The Bertz CT molecular complexity index is 133. The summed E-state index contributed by atoms with van der Waals surface area (Å²) >= 11 is 0. The van der Waals surface area contributed by atoms with Gasteiger partial charge in [-0.05, 0) is 12.5 Å². The van der Waals surface area contributed by atoms with Crippen LogP contribution >= 0.6 is 0 Å². The topological polar surface area (TPSA) is 98.0 Å². The molecule has 0 aromatic carbocycles. The number of rotatable bonds is 4. The molecule has 0 amide bonds. The Balaban J connectivity index is -0.000000266. The van der Waals surface area contributed by atoms with Gasteiger partial charge in [-0.25, -0.2) is 4.79 Å². The van der Waals surface area contributed by atoms with Gasteiger partial charge in [-0.1, -0.05) is 13.3 Å². The van der Waals surface area contributed by atoms with E-state index in [1.165, 1.54) is 6.08 Å². The molecule has 0 aliphatic carbocycles. The summed E-state index contributed by atoms with van der Waals surface area (Å²) in [6.45, 7) is 1.93. The quantitative estimate of drug-likeness (QED) is 0.488. The first kappa shape index (κ1) is 18.8. The minimum Gasteiger partial charge on any atom is -0.478 e. The second-order valence-corrected chi connectivity index (χ2v) is 2.05. The molecule has 0 saturated carbocycles. The monoisotopic (exact) mass is 208 g/mol. The highest BCUT2D eigenvalue weighted by atomic mass is 16.4. The van der Waals surface area contributed by atoms with Gasteiger partial charge in [0.05, 0.1) is 6.10 Å². The van der Waals surface area contributed by atoms with Crippen LogP contribution in [-0.2, 0) is 4.79 Å². The molecule has 0 aliphatic heterocycles. The summed E-state index contributed by atoms with van der Waals surface area (Å²) in [7, 11) is 2.00. The molecule has 1 atom stereocenters. The zero-order chi connectivity index (χ0) is 12.0. The molecular weight excluding hydrogens is 188 g/mol. The molecule has 0 spiro atoms. The predicted molar refractivity (Wildman–Crippen MR) is 54.0 cm³/mol. The van der Waals surface area contributed by atoms with Crippen molar-refractivity contribution in [1.82, 2.24) is 0 Å². The van der Waals surface area contributed by atoms with Gasteiger partial charge in [0, 0.05) is 20.3 Å². The van der Waals surface area contributed by atoms with E-state index in [2.05, 4.69) is 0 Å². The summed E-state index contributed by atoms with van der Waals surface area (Å²) in [5, 5.41) is 31.1. The van der Waals surface area contributed by atoms with Crippen LogP contribution in [0.1, 0.15) is 19.8 Å². The summed E-state index contributed by atoms with van der Waals surface area (Å²) in [6, 6.07) is 0. The smallest absolute Gasteiger partial charge is 0.328 e. The van der Waals surface area contributed by atoms with Crippen molar-refractivity contribution in [3.63, 3.8) is 0 Å². The first-order chi connectivity index (χ1) is 6.66. The van der Waals surface area contributed by atoms with E-state index in [9.17, 15) is 4.79 Å². The number of carbonyl (C=O) groups is 1. The van der Waals surface area contributed by atoms with Crippen molar-refractivity contribution in [2.24, 2.45) is 0 Å². The van der Waals surface area contributed by atoms with E-state index in [1.54, 1.807) is 0 Å². The van der Waals surface area contributed by atoms with Gasteiger partial charge in [0.1, 0.15) is 0 Å². The number of hydrogen-bond acceptors (Lipinski definition) is 4. The Kier molecular flexibility index (Phi) is 24.2. The molecule has 1 unspecified atom stereocenters. The lowest BCUT2D eigenvalue weighted by atomic mass is 10.2. The van der Waals surface area contributed by atoms with Crippen molar-refractivity contribution in [3.8, 4) is 0 Å². The van der Waals surface area contributed by atoms with Crippen molar-refractivity contribution in [2.75, 3.05) is 14.2 Å². The summed E-state index contributed by atoms with van der Waals surface area (Å²) < 4.78 is 0. The molecule has 5 heteroatoms. The Hall–Kier alpha value is -0.910. The fraction of sp³-hybridized carbons (Fsp3) is 0.667. The molecule has 0 aromatic heterocycles. The summed E-state index contributed by atoms with van der Waals surface area (Å²) in [4.78, 5) is 9.91. The van der Waals surface area contributed by atoms with Crippen LogP contribution in [0.25, 0.3) is 0 Å². The molecule has 86 valence electrons. The van der Waals surface area contributed by atoms with Gasteiger partial charge >= 0.3 is 5.97 Å². The highest BCUT2D eigenvalue weighted by Gasteiger charge is 1.96. The number of aliphatic hydroxyl groups is 3. The summed E-state index contributed by atoms with van der Waals surface area (Å²) in [5.74, 6) is -1.02. The van der Waals surface area contributed by atoms with Crippen molar-refractivity contribution < 1.29 is 25.2 Å². The third-order valence-electron chi connectivity index (χ3n) is 1.05. The largest absolute Gasteiger partial charge is 0.478 e. The van der Waals surface area contributed by atoms with Crippen LogP contribution in [0.4, 0.5) is 0 Å². The Morgan fingerprint density at radius 2 is 1.71 bits per heavy atom. The lowest BCUT2D eigenvalue weighted by Gasteiger charge is -1.99. The number of hydrogen-bond donors (Lipinski definition) is 4. The van der Waals surface area contributed by atoms with Gasteiger partial charge in [0.15, 0.2) is 0 Å². The van der Waals surface area contributed by atoms with E-state index < -0.39 is 12.1 Å². The molecule has 4 N–H and O–H groups in total. The van der Waals surface area contributed by atoms with E-state index in [0.29, 0.717) is 6.42 Å². The molecule has 0 bridgehead atoms. The minimum atomic E-state index is -1.02. The van der Waals surface area contributed by atoms with Crippen molar-refractivity contribution in [1.29, 1.82) is 0 Å². The van der Waals surface area contributed by atoms with E-state index in [4.69, 9.17) is 20.4 Å². The highest BCUT2D eigenvalue weighted by Crippen LogP contribution is 1.96. The first-order valence-electron chi connectivity index (χ1n) is 4.15. The average molecular weight is 208 g/mol. The molecule has 14 heavy (non-hydrogen) atoms. The van der Waals surface area contributed by atoms with Crippen molar-refractivity contribution in [2.45, 2.75) is 25.9 Å². The van der Waals surface area contributed by atoms with Crippen LogP contribution in [0, 0.1) is 0 Å². The number of aliphatic carboxylic acids is 1. The zero-order valence-corrected chi connectivity index (χ0v) is 8.84. The third-order valence-corrected chi connectivity index (χ3v) is 1.05. The van der Waals surface area contributed by atoms with Crippen LogP contribution in [0.5, 0.6) is 0 Å². The van der Waals surface area contributed by atoms with Gasteiger partial charge in [-0.15, -0.1) is 0 Å². The van der Waals surface area contributed by atoms with Crippen molar-refractivity contribution >= 4 is 5.97 Å². The summed E-state index contributed by atoms with van der Waals surface area (Å²) in [5.41, 5.74) is 0. The predicted octanol–water partition coefficient (Wildman–Crippen LogP) is 0.00520. The Labute approximate surface area is 84.3 Å². The van der Waals surface area contributed by atoms with E-state index in [1.807, 2.05) is 6.92 Å². The molecule has 0 fully saturated rings. The molecular formula is C9H20O5. The third kappa shape index (κ3) is 22.5. The van der Waals surface area contributed by atoms with Gasteiger partial charge < -0.3 is 20.4 Å². The number of carboxylic acid groups (broad SMARTS) is 1. The molecule has 0 heterocycles. The SMILES string of the molecule is CCCC(O)C=CC(=O)O.CO.CO. The number of carboxylic acids is 1. The molecule has 0 aromatic rings. The normalized spacial score (nSPS) is 10.7. The van der Waals surface area contributed by atoms with Gasteiger partial charge in [0.2, 0.25) is 0 Å². The minimum absolute atomic E-state index is 0.610. The van der Waals surface area contributed by atoms with Crippen LogP contribution in [0.3, 0.4) is 0 Å². The lowest BCUT2D eigenvalue weighted by molar-refractivity contribution is -0.131. The maximum absolute atomic E-state index is 9.91. The molecule has 0 radical (unpaired) electrons. The second-order valence-electron chi connectivity index (χ2n) is 2.05. The van der Waals surface area contributed by atoms with E-state index in [-0.39, 0.29) is 0 Å². The fourth-order valence-corrected chi connectivity index (χ4v) is 0.585. The van der Waals surface area contributed by atoms with Crippen LogP contribution in [0.15, 0.2) is 12.2 Å². The molecule has 0 rings (SSSR count). The van der Waals surface area contributed by atoms with Gasteiger partial charge in [-0.3, -0.25) is 0 Å².